The number of fused-ring (bicyclic) bond motifs is 1. The topological polar surface area (TPSA) is 139 Å². The second-order valence-electron chi connectivity index (χ2n) is 7.18. The largest absolute Gasteiger partial charge is 0.497 e. The SMILES string of the molecule is COc1ccc(-c2coc3cc(O[C@@H]4OC(CO)[C@@H](O)[C@@H](O)C4O)ccc3c2=O)cc1. The second-order valence-corrected chi connectivity index (χ2v) is 7.18. The summed E-state index contributed by atoms with van der Waals surface area (Å²) in [5, 5.41) is 39.5. The van der Waals surface area contributed by atoms with E-state index in [9.17, 15) is 25.2 Å². The van der Waals surface area contributed by atoms with E-state index in [0.717, 1.165) is 0 Å². The Morgan fingerprint density at radius 3 is 2.35 bits per heavy atom. The number of methoxy groups -OCH3 is 1. The van der Waals surface area contributed by atoms with Crippen molar-refractivity contribution in [3.63, 3.8) is 0 Å². The molecule has 0 saturated carbocycles. The molecule has 4 N–H and O–H groups in total. The van der Waals surface area contributed by atoms with Gasteiger partial charge < -0.3 is 39.1 Å². The van der Waals surface area contributed by atoms with E-state index in [2.05, 4.69) is 0 Å². The van der Waals surface area contributed by atoms with Crippen molar-refractivity contribution in [3.05, 3.63) is 59.0 Å². The van der Waals surface area contributed by atoms with E-state index in [0.29, 0.717) is 22.3 Å². The summed E-state index contributed by atoms with van der Waals surface area (Å²) in [5.74, 6) is 0.876. The molecule has 0 bridgehead atoms. The molecule has 2 aromatic carbocycles. The zero-order valence-corrected chi connectivity index (χ0v) is 16.5. The molecule has 31 heavy (non-hydrogen) atoms. The number of hydrogen-bond acceptors (Lipinski definition) is 9. The first-order chi connectivity index (χ1) is 14.9. The lowest BCUT2D eigenvalue weighted by Crippen LogP contribution is -2.60. The summed E-state index contributed by atoms with van der Waals surface area (Å²) in [4.78, 5) is 12.9. The van der Waals surface area contributed by atoms with Crippen LogP contribution in [0.2, 0.25) is 0 Å². The maximum atomic E-state index is 12.9. The molecule has 9 nitrogen and oxygen atoms in total. The summed E-state index contributed by atoms with van der Waals surface area (Å²) < 4.78 is 21.7. The highest BCUT2D eigenvalue weighted by atomic mass is 16.7. The van der Waals surface area contributed by atoms with Crippen molar-refractivity contribution >= 4 is 11.0 Å². The minimum Gasteiger partial charge on any atom is -0.497 e. The van der Waals surface area contributed by atoms with Gasteiger partial charge >= 0.3 is 0 Å². The molecule has 0 amide bonds. The Bertz CT molecular complexity index is 1110. The monoisotopic (exact) mass is 430 g/mol. The zero-order chi connectivity index (χ0) is 22.1. The molecule has 164 valence electrons. The van der Waals surface area contributed by atoms with Crippen LogP contribution in [0.25, 0.3) is 22.1 Å². The number of hydrogen-bond donors (Lipinski definition) is 4. The van der Waals surface area contributed by atoms with Crippen LogP contribution >= 0.6 is 0 Å². The van der Waals surface area contributed by atoms with Crippen molar-refractivity contribution in [3.8, 4) is 22.6 Å². The Kier molecular flexibility index (Phi) is 5.94. The minimum absolute atomic E-state index is 0.206. The summed E-state index contributed by atoms with van der Waals surface area (Å²) in [5.41, 5.74) is 1.09. The quantitative estimate of drug-likeness (QED) is 0.459. The fourth-order valence-electron chi connectivity index (χ4n) is 3.45. The van der Waals surface area contributed by atoms with E-state index in [1.165, 1.54) is 24.5 Å². The lowest BCUT2D eigenvalue weighted by Gasteiger charge is -2.39. The van der Waals surface area contributed by atoms with Gasteiger partial charge in [0.05, 0.1) is 24.7 Å². The van der Waals surface area contributed by atoms with Crippen LogP contribution in [0.3, 0.4) is 0 Å². The average molecular weight is 430 g/mol. The van der Waals surface area contributed by atoms with E-state index in [4.69, 9.17) is 18.6 Å². The highest BCUT2D eigenvalue weighted by molar-refractivity contribution is 5.82. The molecular formula is C22H22O9. The Balaban J connectivity index is 1.61. The third kappa shape index (κ3) is 4.01. The van der Waals surface area contributed by atoms with Gasteiger partial charge in [-0.2, -0.15) is 0 Å². The fourth-order valence-corrected chi connectivity index (χ4v) is 3.45. The summed E-state index contributed by atoms with van der Waals surface area (Å²) in [6.07, 6.45) is -5.65. The zero-order valence-electron chi connectivity index (χ0n) is 16.5. The average Bonchev–Trinajstić information content (AvgIpc) is 2.80. The normalized spacial score (nSPS) is 26.0. The third-order valence-electron chi connectivity index (χ3n) is 5.25. The lowest BCUT2D eigenvalue weighted by molar-refractivity contribution is -0.277. The van der Waals surface area contributed by atoms with Crippen LogP contribution in [0, 0.1) is 0 Å². The Morgan fingerprint density at radius 2 is 1.68 bits per heavy atom. The molecule has 0 radical (unpaired) electrons. The van der Waals surface area contributed by atoms with Gasteiger partial charge in [-0.15, -0.1) is 0 Å². The molecular weight excluding hydrogens is 408 g/mol. The van der Waals surface area contributed by atoms with E-state index < -0.39 is 37.3 Å². The molecule has 1 fully saturated rings. The van der Waals surface area contributed by atoms with E-state index in [-0.39, 0.29) is 16.8 Å². The standard InChI is InChI=1S/C22H22O9/c1-28-12-4-2-11(3-5-12)15-10-29-16-8-13(6-7-14(16)18(15)24)30-22-21(27)20(26)19(25)17(9-23)31-22/h2-8,10,17,19-23,25-27H,9H2,1H3/t17?,19-,20-,21?,22-/m1/s1. The summed E-state index contributed by atoms with van der Waals surface area (Å²) in [7, 11) is 1.56. The highest BCUT2D eigenvalue weighted by Gasteiger charge is 2.44. The first kappa shape index (κ1) is 21.3. The van der Waals surface area contributed by atoms with Crippen LogP contribution in [-0.4, -0.2) is 64.8 Å². The van der Waals surface area contributed by atoms with Crippen molar-refractivity contribution in [2.75, 3.05) is 13.7 Å². The molecule has 2 heterocycles. The first-order valence-electron chi connectivity index (χ1n) is 9.60. The number of ether oxygens (including phenoxy) is 3. The van der Waals surface area contributed by atoms with Crippen molar-refractivity contribution < 1.29 is 39.1 Å². The Hall–Kier alpha value is -2.95. The van der Waals surface area contributed by atoms with Crippen molar-refractivity contribution in [2.24, 2.45) is 0 Å². The van der Waals surface area contributed by atoms with E-state index >= 15 is 0 Å². The predicted octanol–water partition coefficient (Wildman–Crippen LogP) is 0.647. The van der Waals surface area contributed by atoms with Gasteiger partial charge in [0.25, 0.3) is 0 Å². The molecule has 9 heteroatoms. The summed E-state index contributed by atoms with van der Waals surface area (Å²) >= 11 is 0. The van der Waals surface area contributed by atoms with E-state index in [1.807, 2.05) is 0 Å². The van der Waals surface area contributed by atoms with Crippen LogP contribution in [0.15, 0.2) is 57.9 Å². The van der Waals surface area contributed by atoms with Crippen LogP contribution in [0.5, 0.6) is 11.5 Å². The van der Waals surface area contributed by atoms with Gasteiger partial charge in [-0.25, -0.2) is 0 Å². The molecule has 1 aliphatic heterocycles. The number of aliphatic hydroxyl groups excluding tert-OH is 4. The second kappa shape index (κ2) is 8.66. The molecule has 0 aliphatic carbocycles. The third-order valence-corrected chi connectivity index (χ3v) is 5.25. The maximum Gasteiger partial charge on any atom is 0.229 e. The highest BCUT2D eigenvalue weighted by Crippen LogP contribution is 2.28. The van der Waals surface area contributed by atoms with Crippen molar-refractivity contribution in [2.45, 2.75) is 30.7 Å². The van der Waals surface area contributed by atoms with Gasteiger partial charge in [-0.05, 0) is 29.8 Å². The molecule has 1 aliphatic rings. The number of benzene rings is 2. The first-order valence-corrected chi connectivity index (χ1v) is 9.60. The fraction of sp³-hybridized carbons (Fsp3) is 0.318. The molecule has 5 atom stereocenters. The molecule has 1 aromatic heterocycles. The van der Waals surface area contributed by atoms with Crippen LogP contribution in [0.1, 0.15) is 0 Å². The smallest absolute Gasteiger partial charge is 0.229 e. The minimum atomic E-state index is -1.55. The van der Waals surface area contributed by atoms with Crippen LogP contribution in [-0.2, 0) is 4.74 Å². The van der Waals surface area contributed by atoms with Gasteiger partial charge in [-0.3, -0.25) is 4.79 Å². The lowest BCUT2D eigenvalue weighted by atomic mass is 9.99. The molecule has 4 rings (SSSR count). The Labute approximate surface area is 176 Å². The summed E-state index contributed by atoms with van der Waals surface area (Å²) in [6.45, 7) is -0.564. The van der Waals surface area contributed by atoms with Crippen LogP contribution < -0.4 is 14.9 Å². The number of rotatable bonds is 5. The molecule has 3 aromatic rings. The van der Waals surface area contributed by atoms with Crippen molar-refractivity contribution in [1.82, 2.24) is 0 Å². The van der Waals surface area contributed by atoms with Gasteiger partial charge in [0, 0.05) is 6.07 Å². The number of aliphatic hydroxyl groups is 4. The van der Waals surface area contributed by atoms with Crippen molar-refractivity contribution in [1.29, 1.82) is 0 Å². The van der Waals surface area contributed by atoms with Crippen LogP contribution in [0.4, 0.5) is 0 Å². The van der Waals surface area contributed by atoms with Gasteiger partial charge in [0.2, 0.25) is 6.29 Å². The van der Waals surface area contributed by atoms with E-state index in [1.54, 1.807) is 31.4 Å². The van der Waals surface area contributed by atoms with Gasteiger partial charge in [0.15, 0.2) is 5.43 Å². The molecule has 1 saturated heterocycles. The van der Waals surface area contributed by atoms with Gasteiger partial charge in [0.1, 0.15) is 47.8 Å². The maximum absolute atomic E-state index is 12.9. The van der Waals surface area contributed by atoms with Gasteiger partial charge in [-0.1, -0.05) is 12.1 Å². The Morgan fingerprint density at radius 1 is 0.968 bits per heavy atom. The summed E-state index contributed by atoms with van der Waals surface area (Å²) in [6, 6.07) is 11.5. The molecule has 0 spiro atoms. The predicted molar refractivity (Wildman–Crippen MR) is 109 cm³/mol. The molecule has 2 unspecified atom stereocenters.